The van der Waals surface area contributed by atoms with Gasteiger partial charge in [-0.25, -0.2) is 4.98 Å². The normalized spacial score (nSPS) is 15.0. The number of rotatable bonds is 7. The second-order valence-electron chi connectivity index (χ2n) is 8.65. The highest BCUT2D eigenvalue weighted by molar-refractivity contribution is 6.31. The van der Waals surface area contributed by atoms with Gasteiger partial charge in [0.05, 0.1) is 23.6 Å². The molecule has 0 fully saturated rings. The van der Waals surface area contributed by atoms with Crippen molar-refractivity contribution in [2.45, 2.75) is 39.2 Å². The summed E-state index contributed by atoms with van der Waals surface area (Å²) in [6, 6.07) is 17.1. The fraction of sp³-hybridized carbons (Fsp3) is 0.250. The summed E-state index contributed by atoms with van der Waals surface area (Å²) in [5.74, 6) is 0.815. The summed E-state index contributed by atoms with van der Waals surface area (Å²) >= 11 is 6.16. The second-order valence-corrected chi connectivity index (χ2v) is 9.09. The third-order valence-electron chi connectivity index (χ3n) is 6.17. The molecule has 0 aliphatic carbocycles. The monoisotopic (exact) mass is 488 g/mol. The fourth-order valence-electron chi connectivity index (χ4n) is 4.45. The first-order valence-corrected chi connectivity index (χ1v) is 12.1. The Labute approximate surface area is 208 Å². The number of carbonyl (C=O) groups is 1. The van der Waals surface area contributed by atoms with Crippen LogP contribution in [0.4, 0.5) is 5.82 Å². The van der Waals surface area contributed by atoms with Crippen molar-refractivity contribution in [2.75, 3.05) is 11.5 Å². The first kappa shape index (κ1) is 23.1. The molecule has 2 aromatic carbocycles. The van der Waals surface area contributed by atoms with E-state index in [1.54, 1.807) is 24.3 Å². The SMILES string of the molecule is CCCCCOc1ccc(C2c3c(oc4ccc(Cl)cc4c3=O)C(=O)N2c2cccc(C)n2)cc1. The van der Waals surface area contributed by atoms with Crippen LogP contribution >= 0.6 is 11.6 Å². The zero-order chi connectivity index (χ0) is 24.5. The molecular formula is C28H25ClN2O4. The van der Waals surface area contributed by atoms with Crippen molar-refractivity contribution in [3.05, 3.63) is 98.5 Å². The van der Waals surface area contributed by atoms with E-state index in [9.17, 15) is 9.59 Å². The van der Waals surface area contributed by atoms with E-state index in [1.807, 2.05) is 43.3 Å². The van der Waals surface area contributed by atoms with Gasteiger partial charge < -0.3 is 9.15 Å². The molecule has 0 saturated heterocycles. The molecule has 1 aliphatic heterocycles. The molecule has 0 N–H and O–H groups in total. The van der Waals surface area contributed by atoms with Gasteiger partial charge in [-0.05, 0) is 61.4 Å². The first-order valence-electron chi connectivity index (χ1n) is 11.7. The van der Waals surface area contributed by atoms with Crippen molar-refractivity contribution in [1.82, 2.24) is 4.98 Å². The molecule has 7 heteroatoms. The second kappa shape index (κ2) is 9.55. The minimum Gasteiger partial charge on any atom is -0.494 e. The lowest BCUT2D eigenvalue weighted by atomic mass is 9.98. The Morgan fingerprint density at radius 1 is 1.06 bits per heavy atom. The highest BCUT2D eigenvalue weighted by Gasteiger charge is 2.44. The van der Waals surface area contributed by atoms with Crippen molar-refractivity contribution in [3.63, 3.8) is 0 Å². The van der Waals surface area contributed by atoms with Crippen LogP contribution in [0.3, 0.4) is 0 Å². The molecule has 6 nitrogen and oxygen atoms in total. The lowest BCUT2D eigenvalue weighted by molar-refractivity contribution is 0.0970. The number of benzene rings is 2. The van der Waals surface area contributed by atoms with Crippen LogP contribution in [-0.2, 0) is 0 Å². The largest absolute Gasteiger partial charge is 0.494 e. The summed E-state index contributed by atoms with van der Waals surface area (Å²) in [7, 11) is 0. The molecule has 0 saturated carbocycles. The summed E-state index contributed by atoms with van der Waals surface area (Å²) < 4.78 is 11.8. The maximum Gasteiger partial charge on any atom is 0.296 e. The Hall–Kier alpha value is -3.64. The van der Waals surface area contributed by atoms with E-state index < -0.39 is 11.9 Å². The Balaban J connectivity index is 1.63. The number of amides is 1. The van der Waals surface area contributed by atoms with Crippen LogP contribution in [0, 0.1) is 6.92 Å². The van der Waals surface area contributed by atoms with Gasteiger partial charge in [-0.1, -0.05) is 49.6 Å². The highest BCUT2D eigenvalue weighted by atomic mass is 35.5. The van der Waals surface area contributed by atoms with Gasteiger partial charge in [0.2, 0.25) is 5.76 Å². The van der Waals surface area contributed by atoms with E-state index >= 15 is 0 Å². The molecule has 4 aromatic rings. The predicted molar refractivity (Wildman–Crippen MR) is 137 cm³/mol. The molecule has 1 amide bonds. The van der Waals surface area contributed by atoms with Gasteiger partial charge in [-0.15, -0.1) is 0 Å². The topological polar surface area (TPSA) is 72.6 Å². The molecule has 3 heterocycles. The number of anilines is 1. The number of fused-ring (bicyclic) bond motifs is 2. The first-order chi connectivity index (χ1) is 17.0. The predicted octanol–water partition coefficient (Wildman–Crippen LogP) is 6.47. The van der Waals surface area contributed by atoms with E-state index in [2.05, 4.69) is 11.9 Å². The van der Waals surface area contributed by atoms with Crippen LogP contribution in [0.5, 0.6) is 5.75 Å². The van der Waals surface area contributed by atoms with Gasteiger partial charge in [0, 0.05) is 10.7 Å². The third-order valence-corrected chi connectivity index (χ3v) is 6.40. The standard InChI is InChI=1S/C28H25ClN2O4/c1-3-4-5-15-34-20-12-9-18(10-13-20)25-24-26(32)21-16-19(29)11-14-22(21)35-27(24)28(33)31(25)23-8-6-7-17(2)30-23/h6-14,16,25H,3-5,15H2,1-2H3. The molecular weight excluding hydrogens is 464 g/mol. The molecule has 0 spiro atoms. The maximum atomic E-state index is 13.7. The zero-order valence-electron chi connectivity index (χ0n) is 19.6. The number of halogens is 1. The molecule has 2 aromatic heterocycles. The quantitative estimate of drug-likeness (QED) is 0.279. The number of nitrogens with zero attached hydrogens (tertiary/aromatic N) is 2. The van der Waals surface area contributed by atoms with Gasteiger partial charge in [0.25, 0.3) is 5.91 Å². The van der Waals surface area contributed by atoms with E-state index in [0.29, 0.717) is 28.4 Å². The molecule has 0 radical (unpaired) electrons. The Kier molecular flexibility index (Phi) is 6.31. The van der Waals surface area contributed by atoms with Crippen molar-refractivity contribution < 1.29 is 13.9 Å². The van der Waals surface area contributed by atoms with Crippen molar-refractivity contribution in [3.8, 4) is 5.75 Å². The molecule has 1 unspecified atom stereocenters. The van der Waals surface area contributed by atoms with Crippen molar-refractivity contribution in [2.24, 2.45) is 0 Å². The summed E-state index contributed by atoms with van der Waals surface area (Å²) in [6.07, 6.45) is 3.24. The number of ether oxygens (including phenoxy) is 1. The van der Waals surface area contributed by atoms with Crippen LogP contribution < -0.4 is 15.1 Å². The Bertz CT molecular complexity index is 1460. The summed E-state index contributed by atoms with van der Waals surface area (Å²) in [5, 5.41) is 0.761. The van der Waals surface area contributed by atoms with Crippen LogP contribution in [0.25, 0.3) is 11.0 Å². The number of unbranched alkanes of at least 4 members (excludes halogenated alkanes) is 2. The smallest absolute Gasteiger partial charge is 0.296 e. The number of hydrogen-bond donors (Lipinski definition) is 0. The van der Waals surface area contributed by atoms with Crippen LogP contribution in [0.15, 0.2) is 69.9 Å². The Morgan fingerprint density at radius 3 is 2.60 bits per heavy atom. The van der Waals surface area contributed by atoms with Crippen LogP contribution in [0.2, 0.25) is 5.02 Å². The van der Waals surface area contributed by atoms with Crippen LogP contribution in [0.1, 0.15) is 59.6 Å². The molecule has 1 atom stereocenters. The van der Waals surface area contributed by atoms with Crippen molar-refractivity contribution in [1.29, 1.82) is 0 Å². The summed E-state index contributed by atoms with van der Waals surface area (Å²) in [5.41, 5.74) is 1.84. The average Bonchev–Trinajstić information content (AvgIpc) is 3.15. The highest BCUT2D eigenvalue weighted by Crippen LogP contribution is 2.41. The van der Waals surface area contributed by atoms with E-state index in [-0.39, 0.29) is 16.8 Å². The maximum absolute atomic E-state index is 13.7. The van der Waals surface area contributed by atoms with E-state index in [4.69, 9.17) is 20.8 Å². The lowest BCUT2D eigenvalue weighted by Gasteiger charge is -2.24. The van der Waals surface area contributed by atoms with E-state index in [1.165, 1.54) is 4.90 Å². The minimum absolute atomic E-state index is 0.0259. The molecule has 5 rings (SSSR count). The average molecular weight is 489 g/mol. The number of aromatic nitrogens is 1. The van der Waals surface area contributed by atoms with Crippen LogP contribution in [-0.4, -0.2) is 17.5 Å². The summed E-state index contributed by atoms with van der Waals surface area (Å²) in [6.45, 7) is 4.66. The van der Waals surface area contributed by atoms with Gasteiger partial charge >= 0.3 is 0 Å². The lowest BCUT2D eigenvalue weighted by Crippen LogP contribution is -2.30. The van der Waals surface area contributed by atoms with Gasteiger partial charge in [0.1, 0.15) is 17.2 Å². The zero-order valence-corrected chi connectivity index (χ0v) is 20.3. The minimum atomic E-state index is -0.694. The van der Waals surface area contributed by atoms with Gasteiger partial charge in [0.15, 0.2) is 5.43 Å². The van der Waals surface area contributed by atoms with Crippen molar-refractivity contribution >= 4 is 34.3 Å². The number of aryl methyl sites for hydroxylation is 1. The number of hydrogen-bond acceptors (Lipinski definition) is 5. The van der Waals surface area contributed by atoms with Gasteiger partial charge in [-0.2, -0.15) is 0 Å². The molecule has 1 aliphatic rings. The Morgan fingerprint density at radius 2 is 1.86 bits per heavy atom. The molecule has 35 heavy (non-hydrogen) atoms. The molecule has 178 valence electrons. The molecule has 0 bridgehead atoms. The summed E-state index contributed by atoms with van der Waals surface area (Å²) in [4.78, 5) is 33.4. The number of pyridine rings is 1. The fourth-order valence-corrected chi connectivity index (χ4v) is 4.62. The van der Waals surface area contributed by atoms with Gasteiger partial charge in [-0.3, -0.25) is 14.5 Å². The van der Waals surface area contributed by atoms with E-state index in [0.717, 1.165) is 36.3 Å². The third kappa shape index (κ3) is 4.30. The number of carbonyl (C=O) groups excluding carboxylic acids is 1.